The Bertz CT molecular complexity index is 1320. The summed E-state index contributed by atoms with van der Waals surface area (Å²) in [4.78, 5) is 15.2. The number of piperidine rings is 2. The Balaban J connectivity index is 1.22. The van der Waals surface area contributed by atoms with Crippen LogP contribution in [0.5, 0.6) is 0 Å². The van der Waals surface area contributed by atoms with Crippen molar-refractivity contribution in [1.82, 2.24) is 4.90 Å². The molecule has 3 aromatic rings. The standard InChI is InChI=1S/C30H27FN2O3/c31-28-14-6-13-27(25(28)17-32)30(35)15-19-7-5-8-20(16-30)33(19)29(34)36-18-26-23-11-3-1-9-21(23)22-10-2-4-12-24(22)26/h1-4,6,9-14,19-20,26,35H,5,7-8,15-16,18H2. The van der Waals surface area contributed by atoms with Crippen LogP contribution in [0.2, 0.25) is 0 Å². The molecule has 2 heterocycles. The zero-order valence-electron chi connectivity index (χ0n) is 19.9. The first kappa shape index (κ1) is 22.8. The molecule has 2 saturated heterocycles. The number of ether oxygens (including phenoxy) is 1. The number of nitriles is 1. The number of halogens is 1. The smallest absolute Gasteiger partial charge is 0.410 e. The molecule has 3 aromatic carbocycles. The predicted octanol–water partition coefficient (Wildman–Crippen LogP) is 5.85. The van der Waals surface area contributed by atoms with Crippen LogP contribution in [-0.2, 0) is 10.3 Å². The summed E-state index contributed by atoms with van der Waals surface area (Å²) in [6.07, 6.45) is 2.57. The number of hydrogen-bond donors (Lipinski definition) is 1. The van der Waals surface area contributed by atoms with Crippen molar-refractivity contribution in [1.29, 1.82) is 5.26 Å². The lowest BCUT2D eigenvalue weighted by atomic mass is 9.71. The minimum atomic E-state index is -1.36. The third-order valence-electron chi connectivity index (χ3n) is 8.18. The Morgan fingerprint density at radius 2 is 1.61 bits per heavy atom. The van der Waals surface area contributed by atoms with E-state index in [0.29, 0.717) is 5.56 Å². The number of carbonyl (C=O) groups excluding carboxylic acids is 1. The highest BCUT2D eigenvalue weighted by Crippen LogP contribution is 2.47. The Hall–Kier alpha value is -3.69. The summed E-state index contributed by atoms with van der Waals surface area (Å²) >= 11 is 0. The summed E-state index contributed by atoms with van der Waals surface area (Å²) in [6, 6.07) is 22.3. The van der Waals surface area contributed by atoms with E-state index in [9.17, 15) is 19.6 Å². The zero-order valence-corrected chi connectivity index (χ0v) is 19.9. The van der Waals surface area contributed by atoms with Crippen molar-refractivity contribution < 1.29 is 19.0 Å². The van der Waals surface area contributed by atoms with E-state index in [1.165, 1.54) is 23.3 Å². The second-order valence-electron chi connectivity index (χ2n) is 10.2. The highest BCUT2D eigenvalue weighted by Gasteiger charge is 2.49. The van der Waals surface area contributed by atoms with Crippen LogP contribution in [0.1, 0.15) is 60.3 Å². The lowest BCUT2D eigenvalue weighted by Gasteiger charge is -2.51. The normalized spacial score (nSPS) is 24.5. The summed E-state index contributed by atoms with van der Waals surface area (Å²) in [7, 11) is 0. The van der Waals surface area contributed by atoms with Gasteiger partial charge in [0.05, 0.1) is 11.2 Å². The van der Waals surface area contributed by atoms with Crippen molar-refractivity contribution in [3.05, 3.63) is 94.8 Å². The maximum atomic E-state index is 14.3. The number of amides is 1. The number of rotatable bonds is 3. The van der Waals surface area contributed by atoms with Gasteiger partial charge in [0.2, 0.25) is 0 Å². The Kier molecular flexibility index (Phi) is 5.54. The molecule has 6 rings (SSSR count). The van der Waals surface area contributed by atoms with Crippen LogP contribution in [0.4, 0.5) is 9.18 Å². The third-order valence-corrected chi connectivity index (χ3v) is 8.18. The van der Waals surface area contributed by atoms with Gasteiger partial charge < -0.3 is 14.7 Å². The largest absolute Gasteiger partial charge is 0.448 e. The maximum Gasteiger partial charge on any atom is 0.410 e. The predicted molar refractivity (Wildman–Crippen MR) is 133 cm³/mol. The fraction of sp³-hybridized carbons (Fsp3) is 0.333. The fourth-order valence-corrected chi connectivity index (χ4v) is 6.64. The molecule has 0 aromatic heterocycles. The number of nitrogens with zero attached hydrogens (tertiary/aromatic N) is 2. The van der Waals surface area contributed by atoms with Gasteiger partial charge in [0, 0.05) is 36.4 Å². The van der Waals surface area contributed by atoms with Gasteiger partial charge in [-0.15, -0.1) is 0 Å². The molecule has 6 heteroatoms. The number of carbonyl (C=O) groups is 1. The van der Waals surface area contributed by atoms with Crippen molar-refractivity contribution >= 4 is 6.09 Å². The van der Waals surface area contributed by atoms with E-state index in [-0.39, 0.29) is 49.1 Å². The van der Waals surface area contributed by atoms with Gasteiger partial charge >= 0.3 is 6.09 Å². The summed E-state index contributed by atoms with van der Waals surface area (Å²) in [5.41, 5.74) is 3.52. The summed E-state index contributed by atoms with van der Waals surface area (Å²) in [6.45, 7) is 0.246. The van der Waals surface area contributed by atoms with Crippen molar-refractivity contribution in [3.63, 3.8) is 0 Å². The number of benzene rings is 3. The van der Waals surface area contributed by atoms with Gasteiger partial charge in [-0.25, -0.2) is 9.18 Å². The first-order chi connectivity index (χ1) is 17.5. The molecule has 3 aliphatic rings. The number of aliphatic hydroxyl groups is 1. The van der Waals surface area contributed by atoms with Gasteiger partial charge in [0.1, 0.15) is 18.5 Å². The quantitative estimate of drug-likeness (QED) is 0.508. The van der Waals surface area contributed by atoms with E-state index in [2.05, 4.69) is 24.3 Å². The van der Waals surface area contributed by atoms with Gasteiger partial charge in [-0.1, -0.05) is 60.7 Å². The van der Waals surface area contributed by atoms with E-state index in [0.717, 1.165) is 30.4 Å². The van der Waals surface area contributed by atoms with Gasteiger partial charge in [-0.2, -0.15) is 5.26 Å². The molecule has 1 amide bonds. The Morgan fingerprint density at radius 1 is 1.00 bits per heavy atom. The van der Waals surface area contributed by atoms with E-state index in [1.54, 1.807) is 11.0 Å². The van der Waals surface area contributed by atoms with Gasteiger partial charge in [-0.05, 0) is 47.6 Å². The molecule has 2 fully saturated rings. The van der Waals surface area contributed by atoms with Crippen LogP contribution in [-0.4, -0.2) is 34.8 Å². The summed E-state index contributed by atoms with van der Waals surface area (Å²) < 4.78 is 20.3. The maximum absolute atomic E-state index is 14.3. The van der Waals surface area contributed by atoms with Gasteiger partial charge in [0.15, 0.2) is 0 Å². The van der Waals surface area contributed by atoms with Crippen LogP contribution in [0.15, 0.2) is 66.7 Å². The van der Waals surface area contributed by atoms with Crippen LogP contribution < -0.4 is 0 Å². The molecule has 0 spiro atoms. The Morgan fingerprint density at radius 3 is 2.22 bits per heavy atom. The average molecular weight is 483 g/mol. The van der Waals surface area contributed by atoms with E-state index in [1.807, 2.05) is 30.3 Å². The molecule has 2 unspecified atom stereocenters. The molecule has 2 aliphatic heterocycles. The molecular formula is C30H27FN2O3. The molecule has 1 aliphatic carbocycles. The molecule has 2 atom stereocenters. The topological polar surface area (TPSA) is 73.6 Å². The second kappa shape index (κ2) is 8.76. The molecule has 36 heavy (non-hydrogen) atoms. The van der Waals surface area contributed by atoms with Gasteiger partial charge in [0.25, 0.3) is 0 Å². The van der Waals surface area contributed by atoms with Crippen LogP contribution in [0, 0.1) is 17.1 Å². The minimum absolute atomic E-state index is 0.0200. The van der Waals surface area contributed by atoms with E-state index >= 15 is 0 Å². The first-order valence-electron chi connectivity index (χ1n) is 12.5. The SMILES string of the molecule is N#Cc1c(F)cccc1C1(O)CC2CCCC(C1)N2C(=O)OCC1c2ccccc2-c2ccccc21. The van der Waals surface area contributed by atoms with Crippen molar-refractivity contribution in [3.8, 4) is 17.2 Å². The van der Waals surface area contributed by atoms with Crippen LogP contribution in [0.25, 0.3) is 11.1 Å². The van der Waals surface area contributed by atoms with Crippen LogP contribution >= 0.6 is 0 Å². The fourth-order valence-electron chi connectivity index (χ4n) is 6.64. The highest BCUT2D eigenvalue weighted by molar-refractivity contribution is 5.79. The van der Waals surface area contributed by atoms with Crippen molar-refractivity contribution in [2.24, 2.45) is 0 Å². The van der Waals surface area contributed by atoms with Gasteiger partial charge in [-0.3, -0.25) is 0 Å². The molecule has 182 valence electrons. The van der Waals surface area contributed by atoms with E-state index in [4.69, 9.17) is 4.74 Å². The van der Waals surface area contributed by atoms with Crippen LogP contribution in [0.3, 0.4) is 0 Å². The zero-order chi connectivity index (χ0) is 24.9. The molecule has 0 radical (unpaired) electrons. The molecule has 2 bridgehead atoms. The average Bonchev–Trinajstić information content (AvgIpc) is 3.20. The number of hydrogen-bond acceptors (Lipinski definition) is 4. The molecular weight excluding hydrogens is 455 g/mol. The lowest BCUT2D eigenvalue weighted by molar-refractivity contribution is -0.0893. The summed E-state index contributed by atoms with van der Waals surface area (Å²) in [5, 5.41) is 21.1. The molecule has 1 N–H and O–H groups in total. The lowest BCUT2D eigenvalue weighted by Crippen LogP contribution is -2.59. The van der Waals surface area contributed by atoms with E-state index < -0.39 is 11.4 Å². The number of fused-ring (bicyclic) bond motifs is 5. The highest BCUT2D eigenvalue weighted by atomic mass is 19.1. The summed E-state index contributed by atoms with van der Waals surface area (Å²) in [5.74, 6) is -0.652. The second-order valence-corrected chi connectivity index (χ2v) is 10.2. The third kappa shape index (κ3) is 3.58. The monoisotopic (exact) mass is 482 g/mol. The first-order valence-corrected chi connectivity index (χ1v) is 12.5. The van der Waals surface area contributed by atoms with Crippen molar-refractivity contribution in [2.75, 3.05) is 6.61 Å². The Labute approximate surface area is 209 Å². The molecule has 0 saturated carbocycles. The minimum Gasteiger partial charge on any atom is -0.448 e. The van der Waals surface area contributed by atoms with Crippen molar-refractivity contribution in [2.45, 2.75) is 55.7 Å². The molecule has 5 nitrogen and oxygen atoms in total.